The van der Waals surface area contributed by atoms with Gasteiger partial charge in [-0.1, -0.05) is 24.6 Å². The maximum atomic E-state index is 12.4. The van der Waals surface area contributed by atoms with E-state index >= 15 is 0 Å². The third-order valence-electron chi connectivity index (χ3n) is 5.27. The van der Waals surface area contributed by atoms with Crippen molar-refractivity contribution in [1.29, 1.82) is 0 Å². The second kappa shape index (κ2) is 7.82. The molecule has 1 unspecified atom stereocenters. The lowest BCUT2D eigenvalue weighted by Crippen LogP contribution is -2.36. The van der Waals surface area contributed by atoms with Crippen LogP contribution in [0.25, 0.3) is 0 Å². The molecule has 2 heterocycles. The second-order valence-corrected chi connectivity index (χ2v) is 7.05. The fraction of sp³-hybridized carbons (Fsp3) is 0.632. The van der Waals surface area contributed by atoms with Gasteiger partial charge < -0.3 is 15.5 Å². The van der Waals surface area contributed by atoms with Crippen LogP contribution in [-0.4, -0.2) is 48.4 Å². The van der Waals surface area contributed by atoms with Crippen molar-refractivity contribution in [2.75, 3.05) is 38.5 Å². The smallest absolute Gasteiger partial charge is 0.222 e. The van der Waals surface area contributed by atoms with Crippen molar-refractivity contribution in [3.63, 3.8) is 0 Å². The lowest BCUT2D eigenvalue weighted by Gasteiger charge is -2.29. The van der Waals surface area contributed by atoms with Crippen LogP contribution < -0.4 is 5.73 Å². The van der Waals surface area contributed by atoms with Crippen LogP contribution in [0.4, 0.5) is 5.69 Å². The van der Waals surface area contributed by atoms with Gasteiger partial charge in [0.2, 0.25) is 5.91 Å². The number of carbonyl (C=O) groups is 1. The molecule has 4 heteroatoms. The molecule has 126 valence electrons. The number of rotatable bonds is 5. The first kappa shape index (κ1) is 16.3. The van der Waals surface area contributed by atoms with Crippen LogP contribution in [0.3, 0.4) is 0 Å². The molecule has 2 fully saturated rings. The molecule has 0 bridgehead atoms. The van der Waals surface area contributed by atoms with Gasteiger partial charge in [-0.3, -0.25) is 4.79 Å². The molecule has 0 saturated carbocycles. The van der Waals surface area contributed by atoms with Crippen LogP contribution in [0.5, 0.6) is 0 Å². The molecule has 0 radical (unpaired) electrons. The van der Waals surface area contributed by atoms with Crippen molar-refractivity contribution < 1.29 is 4.79 Å². The molecule has 1 amide bonds. The summed E-state index contributed by atoms with van der Waals surface area (Å²) in [6.45, 7) is 5.55. The average Bonchev–Trinajstić information content (AvgIpc) is 3.03. The molecule has 1 aromatic carbocycles. The molecule has 0 aliphatic carbocycles. The van der Waals surface area contributed by atoms with Crippen molar-refractivity contribution in [3.05, 3.63) is 29.8 Å². The van der Waals surface area contributed by atoms with Gasteiger partial charge in [-0.05, 0) is 56.3 Å². The van der Waals surface area contributed by atoms with Gasteiger partial charge in [-0.15, -0.1) is 0 Å². The molecule has 23 heavy (non-hydrogen) atoms. The maximum absolute atomic E-state index is 12.4. The van der Waals surface area contributed by atoms with Crippen molar-refractivity contribution in [2.45, 2.75) is 38.5 Å². The first-order chi connectivity index (χ1) is 11.2. The highest BCUT2D eigenvalue weighted by Crippen LogP contribution is 2.21. The predicted octanol–water partition coefficient (Wildman–Crippen LogP) is 2.54. The van der Waals surface area contributed by atoms with Gasteiger partial charge in [0.25, 0.3) is 0 Å². The van der Waals surface area contributed by atoms with Crippen molar-refractivity contribution >= 4 is 11.6 Å². The number of nitrogens with zero attached hydrogens (tertiary/aromatic N) is 2. The molecule has 0 spiro atoms. The largest absolute Gasteiger partial charge is 0.399 e. The summed E-state index contributed by atoms with van der Waals surface area (Å²) in [6, 6.07) is 7.85. The number of carbonyl (C=O) groups excluding carboxylic acids is 1. The highest BCUT2D eigenvalue weighted by atomic mass is 16.2. The van der Waals surface area contributed by atoms with E-state index in [9.17, 15) is 4.79 Å². The topological polar surface area (TPSA) is 49.6 Å². The van der Waals surface area contributed by atoms with Crippen LogP contribution in [0.2, 0.25) is 0 Å². The molecule has 2 aliphatic heterocycles. The lowest BCUT2D eigenvalue weighted by atomic mass is 10.1. The van der Waals surface area contributed by atoms with Gasteiger partial charge >= 0.3 is 0 Å². The predicted molar refractivity (Wildman–Crippen MR) is 94.2 cm³/mol. The summed E-state index contributed by atoms with van der Waals surface area (Å²) >= 11 is 0. The van der Waals surface area contributed by atoms with Gasteiger partial charge in [0.1, 0.15) is 0 Å². The Kier molecular flexibility index (Phi) is 5.55. The Balaban J connectivity index is 1.43. The molecule has 2 saturated heterocycles. The molecule has 4 nitrogen and oxygen atoms in total. The Labute approximate surface area is 139 Å². The minimum atomic E-state index is 0.286. The zero-order valence-electron chi connectivity index (χ0n) is 14.0. The van der Waals surface area contributed by atoms with E-state index in [1.54, 1.807) is 0 Å². The third kappa shape index (κ3) is 4.47. The number of amides is 1. The molecule has 2 N–H and O–H groups in total. The van der Waals surface area contributed by atoms with Gasteiger partial charge in [-0.2, -0.15) is 0 Å². The molecular formula is C19H29N3O. The number of benzene rings is 1. The summed E-state index contributed by atoms with van der Waals surface area (Å²) in [4.78, 5) is 17.1. The Morgan fingerprint density at radius 1 is 1.13 bits per heavy atom. The number of para-hydroxylation sites is 1. The second-order valence-electron chi connectivity index (χ2n) is 7.05. The molecule has 1 aromatic rings. The summed E-state index contributed by atoms with van der Waals surface area (Å²) < 4.78 is 0. The summed E-state index contributed by atoms with van der Waals surface area (Å²) in [5.41, 5.74) is 7.84. The first-order valence-corrected chi connectivity index (χ1v) is 9.06. The van der Waals surface area contributed by atoms with Crippen LogP contribution in [0.1, 0.15) is 37.7 Å². The molecule has 2 aliphatic rings. The zero-order valence-corrected chi connectivity index (χ0v) is 14.0. The highest BCUT2D eigenvalue weighted by Gasteiger charge is 2.27. The Bertz CT molecular complexity index is 525. The third-order valence-corrected chi connectivity index (χ3v) is 5.27. The summed E-state index contributed by atoms with van der Waals surface area (Å²) in [6.07, 6.45) is 6.55. The first-order valence-electron chi connectivity index (χ1n) is 9.06. The summed E-state index contributed by atoms with van der Waals surface area (Å²) in [7, 11) is 0. The highest BCUT2D eigenvalue weighted by molar-refractivity contribution is 5.77. The number of aryl methyl sites for hydroxylation is 1. The van der Waals surface area contributed by atoms with Crippen LogP contribution >= 0.6 is 0 Å². The lowest BCUT2D eigenvalue weighted by molar-refractivity contribution is -0.130. The van der Waals surface area contributed by atoms with Crippen molar-refractivity contribution in [1.82, 2.24) is 9.80 Å². The number of nitrogen functional groups attached to an aromatic ring is 1. The SMILES string of the molecule is Nc1ccccc1CCC(=O)N1CCC(CN2CCCCC2)C1. The monoisotopic (exact) mass is 315 g/mol. The van der Waals surface area contributed by atoms with Gasteiger partial charge in [0.15, 0.2) is 0 Å². The molecule has 1 atom stereocenters. The number of likely N-dealkylation sites (tertiary alicyclic amines) is 2. The van der Waals surface area contributed by atoms with Gasteiger partial charge in [0.05, 0.1) is 0 Å². The van der Waals surface area contributed by atoms with Gasteiger partial charge in [0, 0.05) is 31.7 Å². The van der Waals surface area contributed by atoms with Crippen molar-refractivity contribution in [2.24, 2.45) is 5.92 Å². The average molecular weight is 315 g/mol. The van der Waals surface area contributed by atoms with Crippen LogP contribution in [0, 0.1) is 5.92 Å². The minimum Gasteiger partial charge on any atom is -0.399 e. The minimum absolute atomic E-state index is 0.286. The van der Waals surface area contributed by atoms with E-state index in [-0.39, 0.29) is 5.91 Å². The van der Waals surface area contributed by atoms with E-state index < -0.39 is 0 Å². The molecular weight excluding hydrogens is 286 g/mol. The number of piperidine rings is 1. The molecule has 0 aromatic heterocycles. The Morgan fingerprint density at radius 2 is 1.91 bits per heavy atom. The summed E-state index contributed by atoms with van der Waals surface area (Å²) in [5.74, 6) is 0.952. The van der Waals surface area contributed by atoms with Crippen LogP contribution in [0.15, 0.2) is 24.3 Å². The Morgan fingerprint density at radius 3 is 2.70 bits per heavy atom. The summed E-state index contributed by atoms with van der Waals surface area (Å²) in [5, 5.41) is 0. The van der Waals surface area contributed by atoms with E-state index in [0.717, 1.165) is 37.2 Å². The van der Waals surface area contributed by atoms with Gasteiger partial charge in [-0.25, -0.2) is 0 Å². The van der Waals surface area contributed by atoms with E-state index in [4.69, 9.17) is 5.73 Å². The van der Waals surface area contributed by atoms with E-state index in [1.807, 2.05) is 24.3 Å². The number of hydrogen-bond acceptors (Lipinski definition) is 3. The van der Waals surface area contributed by atoms with E-state index in [2.05, 4.69) is 9.80 Å². The fourth-order valence-electron chi connectivity index (χ4n) is 3.88. The van der Waals surface area contributed by atoms with E-state index in [0.29, 0.717) is 12.3 Å². The Hall–Kier alpha value is -1.55. The fourth-order valence-corrected chi connectivity index (χ4v) is 3.88. The number of hydrogen-bond donors (Lipinski definition) is 1. The van der Waals surface area contributed by atoms with E-state index in [1.165, 1.54) is 38.9 Å². The quantitative estimate of drug-likeness (QED) is 0.850. The maximum Gasteiger partial charge on any atom is 0.222 e. The standard InChI is InChI=1S/C19H29N3O/c20-18-7-3-2-6-17(18)8-9-19(23)22-13-10-16(15-22)14-21-11-4-1-5-12-21/h2-3,6-7,16H,1,4-5,8-15,20H2. The van der Waals surface area contributed by atoms with Crippen LogP contribution in [-0.2, 0) is 11.2 Å². The number of anilines is 1. The number of nitrogens with two attached hydrogens (primary N) is 1. The zero-order chi connectivity index (χ0) is 16.1. The normalized spacial score (nSPS) is 22.4. The van der Waals surface area contributed by atoms with Crippen molar-refractivity contribution in [3.8, 4) is 0 Å². The molecule has 3 rings (SSSR count).